The van der Waals surface area contributed by atoms with Crippen molar-refractivity contribution in [3.63, 3.8) is 0 Å². The first-order valence-corrected chi connectivity index (χ1v) is 7.45. The molecule has 5 nitrogen and oxygen atoms in total. The predicted molar refractivity (Wildman–Crippen MR) is 87.1 cm³/mol. The summed E-state index contributed by atoms with van der Waals surface area (Å²) >= 11 is 0. The summed E-state index contributed by atoms with van der Waals surface area (Å²) < 4.78 is 0. The smallest absolute Gasteiger partial charge is 0.249 e. The van der Waals surface area contributed by atoms with Crippen LogP contribution in [0.15, 0.2) is 47.3 Å². The van der Waals surface area contributed by atoms with Gasteiger partial charge >= 0.3 is 0 Å². The molecule has 1 aliphatic rings. The number of anilines is 2. The molecule has 112 valence electrons. The molecule has 0 unspecified atom stereocenters. The lowest BCUT2D eigenvalue weighted by molar-refractivity contribution is 0.529. The van der Waals surface area contributed by atoms with Crippen LogP contribution in [0.3, 0.4) is 0 Å². The number of aromatic amines is 1. The maximum atomic E-state index is 11.3. The quantitative estimate of drug-likeness (QED) is 0.911. The van der Waals surface area contributed by atoms with Gasteiger partial charge in [-0.1, -0.05) is 6.07 Å². The summed E-state index contributed by atoms with van der Waals surface area (Å²) in [6, 6.07) is 15.3. The van der Waals surface area contributed by atoms with E-state index in [2.05, 4.69) is 21.3 Å². The van der Waals surface area contributed by atoms with E-state index in [1.54, 1.807) is 6.07 Å². The molecule has 1 aromatic heterocycles. The van der Waals surface area contributed by atoms with Gasteiger partial charge in [-0.3, -0.25) is 4.79 Å². The highest BCUT2D eigenvalue weighted by atomic mass is 16.1. The molecule has 0 aliphatic carbocycles. The highest BCUT2D eigenvalue weighted by Gasteiger charge is 2.20. The number of pyridine rings is 1. The number of piperidine rings is 1. The largest absolute Gasteiger partial charge is 0.369 e. The molecule has 1 aromatic carbocycles. The molecule has 0 saturated carbocycles. The van der Waals surface area contributed by atoms with E-state index < -0.39 is 0 Å². The highest BCUT2D eigenvalue weighted by molar-refractivity contribution is 5.50. The number of benzene rings is 1. The molecule has 2 aromatic rings. The van der Waals surface area contributed by atoms with E-state index >= 15 is 0 Å². The second kappa shape index (κ2) is 6.35. The van der Waals surface area contributed by atoms with Gasteiger partial charge in [-0.15, -0.1) is 0 Å². The van der Waals surface area contributed by atoms with Crippen molar-refractivity contribution in [2.45, 2.75) is 18.9 Å². The first-order chi connectivity index (χ1) is 10.7. The van der Waals surface area contributed by atoms with Gasteiger partial charge in [0.2, 0.25) is 5.56 Å². The minimum absolute atomic E-state index is 0.0928. The first-order valence-electron chi connectivity index (χ1n) is 7.45. The van der Waals surface area contributed by atoms with E-state index in [0.717, 1.165) is 37.4 Å². The number of nitriles is 1. The van der Waals surface area contributed by atoms with Crippen LogP contribution in [0.25, 0.3) is 0 Å². The van der Waals surface area contributed by atoms with Crippen LogP contribution in [-0.4, -0.2) is 24.1 Å². The Hall–Kier alpha value is -2.74. The van der Waals surface area contributed by atoms with Crippen LogP contribution in [0.1, 0.15) is 18.4 Å². The number of nitrogens with one attached hydrogen (secondary N) is 2. The van der Waals surface area contributed by atoms with E-state index in [1.807, 2.05) is 30.3 Å². The molecular weight excluding hydrogens is 276 g/mol. The van der Waals surface area contributed by atoms with Crippen molar-refractivity contribution in [2.24, 2.45) is 0 Å². The van der Waals surface area contributed by atoms with Crippen molar-refractivity contribution in [3.05, 3.63) is 58.4 Å². The van der Waals surface area contributed by atoms with Crippen LogP contribution < -0.4 is 15.8 Å². The summed E-state index contributed by atoms with van der Waals surface area (Å²) in [5.74, 6) is 0.763. The van der Waals surface area contributed by atoms with Crippen molar-refractivity contribution in [1.82, 2.24) is 4.98 Å². The lowest BCUT2D eigenvalue weighted by atomic mass is 10.0. The molecule has 2 N–H and O–H groups in total. The average molecular weight is 294 g/mol. The third-order valence-electron chi connectivity index (χ3n) is 3.91. The normalized spacial score (nSPS) is 17.8. The molecule has 0 spiro atoms. The summed E-state index contributed by atoms with van der Waals surface area (Å²) in [5, 5.41) is 12.3. The van der Waals surface area contributed by atoms with Crippen molar-refractivity contribution < 1.29 is 0 Å². The molecule has 1 saturated heterocycles. The Morgan fingerprint density at radius 3 is 2.77 bits per heavy atom. The minimum Gasteiger partial charge on any atom is -0.369 e. The first kappa shape index (κ1) is 14.2. The molecule has 2 heterocycles. The van der Waals surface area contributed by atoms with E-state index in [-0.39, 0.29) is 5.56 Å². The number of aromatic nitrogens is 1. The Bertz CT molecular complexity index is 729. The lowest BCUT2D eigenvalue weighted by Crippen LogP contribution is -2.42. The zero-order valence-corrected chi connectivity index (χ0v) is 12.2. The van der Waals surface area contributed by atoms with E-state index in [4.69, 9.17) is 5.26 Å². The van der Waals surface area contributed by atoms with Crippen LogP contribution in [0.4, 0.5) is 11.5 Å². The van der Waals surface area contributed by atoms with Gasteiger partial charge in [-0.2, -0.15) is 5.26 Å². The maximum absolute atomic E-state index is 11.3. The fraction of sp³-hybridized carbons (Fsp3) is 0.294. The summed E-state index contributed by atoms with van der Waals surface area (Å²) in [6.45, 7) is 1.89. The van der Waals surface area contributed by atoms with E-state index in [1.165, 1.54) is 6.07 Å². The Morgan fingerprint density at radius 1 is 1.23 bits per heavy atom. The molecule has 3 rings (SSSR count). The van der Waals surface area contributed by atoms with Crippen LogP contribution in [0.5, 0.6) is 0 Å². The van der Waals surface area contributed by atoms with Crippen LogP contribution in [0.2, 0.25) is 0 Å². The maximum Gasteiger partial charge on any atom is 0.249 e. The monoisotopic (exact) mass is 294 g/mol. The van der Waals surface area contributed by atoms with Crippen molar-refractivity contribution in [3.8, 4) is 6.07 Å². The van der Waals surface area contributed by atoms with Gasteiger partial charge in [0.15, 0.2) is 0 Å². The minimum atomic E-state index is -0.0928. The van der Waals surface area contributed by atoms with Gasteiger partial charge in [0.1, 0.15) is 5.82 Å². The highest BCUT2D eigenvalue weighted by Crippen LogP contribution is 2.21. The summed E-state index contributed by atoms with van der Waals surface area (Å²) in [5.41, 5.74) is 1.72. The number of hydrogen-bond acceptors (Lipinski definition) is 4. The molecule has 5 heteroatoms. The summed E-state index contributed by atoms with van der Waals surface area (Å²) in [7, 11) is 0. The average Bonchev–Trinajstić information content (AvgIpc) is 2.55. The van der Waals surface area contributed by atoms with Gasteiger partial charge < -0.3 is 15.2 Å². The van der Waals surface area contributed by atoms with Crippen LogP contribution in [0, 0.1) is 11.3 Å². The van der Waals surface area contributed by atoms with Crippen LogP contribution >= 0.6 is 0 Å². The van der Waals surface area contributed by atoms with Gasteiger partial charge in [0, 0.05) is 30.9 Å². The SMILES string of the molecule is N#Cc1ccc(N2CCC[C@H](Nc3cccc(=O)[nH]3)C2)cc1. The van der Waals surface area contributed by atoms with E-state index in [9.17, 15) is 4.79 Å². The molecule has 1 atom stereocenters. The third kappa shape index (κ3) is 3.29. The topological polar surface area (TPSA) is 71.9 Å². The van der Waals surface area contributed by atoms with Crippen molar-refractivity contribution in [2.75, 3.05) is 23.3 Å². The zero-order chi connectivity index (χ0) is 15.4. The molecule has 1 fully saturated rings. The van der Waals surface area contributed by atoms with Crippen molar-refractivity contribution in [1.29, 1.82) is 5.26 Å². The van der Waals surface area contributed by atoms with Gasteiger partial charge in [-0.25, -0.2) is 0 Å². The van der Waals surface area contributed by atoms with Gasteiger partial charge in [0.05, 0.1) is 11.6 Å². The molecule has 0 bridgehead atoms. The molecule has 0 amide bonds. The number of H-pyrrole nitrogens is 1. The Kier molecular flexibility index (Phi) is 4.10. The molecule has 1 aliphatic heterocycles. The fourth-order valence-electron chi connectivity index (χ4n) is 2.83. The van der Waals surface area contributed by atoms with E-state index in [0.29, 0.717) is 11.6 Å². The van der Waals surface area contributed by atoms with Crippen molar-refractivity contribution >= 4 is 11.5 Å². The zero-order valence-electron chi connectivity index (χ0n) is 12.2. The molecular formula is C17H18N4O. The second-order valence-corrected chi connectivity index (χ2v) is 5.52. The fourth-order valence-corrected chi connectivity index (χ4v) is 2.83. The lowest BCUT2D eigenvalue weighted by Gasteiger charge is -2.35. The van der Waals surface area contributed by atoms with Crippen LogP contribution in [-0.2, 0) is 0 Å². The Balaban J connectivity index is 1.68. The number of hydrogen-bond donors (Lipinski definition) is 2. The second-order valence-electron chi connectivity index (χ2n) is 5.52. The molecule has 0 radical (unpaired) electrons. The third-order valence-corrected chi connectivity index (χ3v) is 3.91. The van der Waals surface area contributed by atoms with Gasteiger partial charge in [0.25, 0.3) is 0 Å². The molecule has 22 heavy (non-hydrogen) atoms. The number of rotatable bonds is 3. The summed E-state index contributed by atoms with van der Waals surface area (Å²) in [6.07, 6.45) is 2.17. The standard InChI is InChI=1S/C17H18N4O/c18-11-13-6-8-15(9-7-13)21-10-2-3-14(12-21)19-16-4-1-5-17(22)20-16/h1,4-9,14H,2-3,10,12H2,(H2,19,20,22)/t14-/m0/s1. The number of nitrogens with zero attached hydrogens (tertiary/aromatic N) is 2. The Labute approximate surface area is 129 Å². The Morgan fingerprint density at radius 2 is 2.05 bits per heavy atom. The van der Waals surface area contributed by atoms with Gasteiger partial charge in [-0.05, 0) is 43.2 Å². The summed E-state index contributed by atoms with van der Waals surface area (Å²) in [4.78, 5) is 16.5. The predicted octanol–water partition coefficient (Wildman–Crippen LogP) is 2.33.